The fraction of sp³-hybridized carbons (Fsp3) is 0.889. The van der Waals surface area contributed by atoms with Crippen molar-refractivity contribution in [2.75, 3.05) is 27.2 Å². The Morgan fingerprint density at radius 2 is 1.85 bits per heavy atom. The lowest BCUT2D eigenvalue weighted by molar-refractivity contribution is 0.0825. The van der Waals surface area contributed by atoms with Crippen LogP contribution < -0.4 is 0 Å². The number of carbonyl (C=O) groups is 1. The second-order valence-corrected chi connectivity index (χ2v) is 3.83. The molecule has 0 radical (unpaired) electrons. The van der Waals surface area contributed by atoms with E-state index in [1.165, 1.54) is 0 Å². The molecule has 0 atom stereocenters. The van der Waals surface area contributed by atoms with Crippen LogP contribution >= 0.6 is 0 Å². The van der Waals surface area contributed by atoms with E-state index in [1.54, 1.807) is 23.9 Å². The predicted octanol–water partition coefficient (Wildman–Crippen LogP) is 0.761. The Morgan fingerprint density at radius 3 is 2.15 bits per heavy atom. The molecule has 0 rings (SSSR count). The summed E-state index contributed by atoms with van der Waals surface area (Å²) in [5.74, 6) is 0. The third-order valence-electron chi connectivity index (χ3n) is 2.38. The SMILES string of the molecule is CCN(C)C(=O)N(C)C(C)(C)CO. The number of nitrogens with zero attached hydrogens (tertiary/aromatic N) is 2. The third-order valence-corrected chi connectivity index (χ3v) is 2.38. The van der Waals surface area contributed by atoms with E-state index < -0.39 is 5.54 Å². The predicted molar refractivity (Wildman–Crippen MR) is 52.6 cm³/mol. The monoisotopic (exact) mass is 188 g/mol. The first-order valence-electron chi connectivity index (χ1n) is 4.46. The number of likely N-dealkylation sites (N-methyl/N-ethyl adjacent to an activating group) is 1. The van der Waals surface area contributed by atoms with Crippen molar-refractivity contribution in [1.82, 2.24) is 9.80 Å². The molecule has 0 bridgehead atoms. The van der Waals surface area contributed by atoms with Gasteiger partial charge < -0.3 is 14.9 Å². The Bertz CT molecular complexity index is 180. The van der Waals surface area contributed by atoms with E-state index in [2.05, 4.69) is 0 Å². The second kappa shape index (κ2) is 4.46. The number of hydrogen-bond acceptors (Lipinski definition) is 2. The van der Waals surface area contributed by atoms with E-state index in [9.17, 15) is 4.79 Å². The molecule has 0 fully saturated rings. The molecule has 4 nitrogen and oxygen atoms in total. The van der Waals surface area contributed by atoms with Crippen molar-refractivity contribution >= 4 is 6.03 Å². The topological polar surface area (TPSA) is 43.8 Å². The van der Waals surface area contributed by atoms with Crippen LogP contribution in [0.5, 0.6) is 0 Å². The van der Waals surface area contributed by atoms with Gasteiger partial charge in [-0.2, -0.15) is 0 Å². The zero-order chi connectivity index (χ0) is 10.6. The van der Waals surface area contributed by atoms with Crippen molar-refractivity contribution in [3.63, 3.8) is 0 Å². The van der Waals surface area contributed by atoms with Crippen LogP contribution in [0.15, 0.2) is 0 Å². The minimum atomic E-state index is -0.499. The van der Waals surface area contributed by atoms with E-state index >= 15 is 0 Å². The number of carbonyl (C=O) groups excluding carboxylic acids is 1. The average Bonchev–Trinajstić information content (AvgIpc) is 2.14. The summed E-state index contributed by atoms with van der Waals surface area (Å²) in [5.41, 5.74) is -0.499. The summed E-state index contributed by atoms with van der Waals surface area (Å²) in [4.78, 5) is 14.8. The standard InChI is InChI=1S/C9H20N2O2/c1-6-10(4)8(13)11(5)9(2,3)7-12/h12H,6-7H2,1-5H3. The number of amides is 2. The molecule has 0 aromatic carbocycles. The Morgan fingerprint density at radius 1 is 1.38 bits per heavy atom. The van der Waals surface area contributed by atoms with E-state index in [0.717, 1.165) is 0 Å². The highest BCUT2D eigenvalue weighted by Gasteiger charge is 2.28. The fourth-order valence-corrected chi connectivity index (χ4v) is 0.756. The molecule has 0 aliphatic rings. The fourth-order valence-electron chi connectivity index (χ4n) is 0.756. The van der Waals surface area contributed by atoms with Crippen molar-refractivity contribution in [2.24, 2.45) is 0 Å². The third kappa shape index (κ3) is 2.88. The molecule has 4 heteroatoms. The number of aliphatic hydroxyl groups excluding tert-OH is 1. The first-order chi connectivity index (χ1) is 5.86. The molecule has 0 heterocycles. The van der Waals surface area contributed by atoms with Crippen LogP contribution in [0.4, 0.5) is 4.79 Å². The lowest BCUT2D eigenvalue weighted by Crippen LogP contribution is -2.51. The highest BCUT2D eigenvalue weighted by atomic mass is 16.3. The molecule has 0 aromatic rings. The highest BCUT2D eigenvalue weighted by Crippen LogP contribution is 2.12. The first kappa shape index (κ1) is 12.2. The summed E-state index contributed by atoms with van der Waals surface area (Å²) in [5, 5.41) is 9.06. The summed E-state index contributed by atoms with van der Waals surface area (Å²) in [6.07, 6.45) is 0. The Labute approximate surface area is 80.1 Å². The quantitative estimate of drug-likeness (QED) is 0.710. The van der Waals surface area contributed by atoms with Crippen LogP contribution in [-0.4, -0.2) is 53.7 Å². The van der Waals surface area contributed by atoms with Crippen LogP contribution in [-0.2, 0) is 0 Å². The van der Waals surface area contributed by atoms with Crippen molar-refractivity contribution < 1.29 is 9.90 Å². The van der Waals surface area contributed by atoms with Crippen molar-refractivity contribution in [3.05, 3.63) is 0 Å². The second-order valence-electron chi connectivity index (χ2n) is 3.83. The number of rotatable bonds is 3. The number of aliphatic hydroxyl groups is 1. The average molecular weight is 188 g/mol. The van der Waals surface area contributed by atoms with Gasteiger partial charge in [-0.3, -0.25) is 0 Å². The lowest BCUT2D eigenvalue weighted by Gasteiger charge is -2.36. The highest BCUT2D eigenvalue weighted by molar-refractivity contribution is 5.74. The molecule has 1 N–H and O–H groups in total. The van der Waals surface area contributed by atoms with Crippen molar-refractivity contribution in [3.8, 4) is 0 Å². The Balaban J connectivity index is 4.42. The van der Waals surface area contributed by atoms with Gasteiger partial charge in [0.1, 0.15) is 0 Å². The molecule has 0 unspecified atom stereocenters. The summed E-state index contributed by atoms with van der Waals surface area (Å²) in [7, 11) is 3.44. The molecule has 2 amide bonds. The molecule has 0 saturated carbocycles. The largest absolute Gasteiger partial charge is 0.394 e. The van der Waals surface area contributed by atoms with Gasteiger partial charge in [0.25, 0.3) is 0 Å². The molecule has 13 heavy (non-hydrogen) atoms. The van der Waals surface area contributed by atoms with Gasteiger partial charge in [-0.1, -0.05) is 0 Å². The van der Waals surface area contributed by atoms with Crippen LogP contribution in [0.3, 0.4) is 0 Å². The van der Waals surface area contributed by atoms with Gasteiger partial charge in [-0.15, -0.1) is 0 Å². The molecular formula is C9H20N2O2. The maximum atomic E-state index is 11.6. The molecule has 0 aliphatic carbocycles. The van der Waals surface area contributed by atoms with Crippen LogP contribution in [0.25, 0.3) is 0 Å². The van der Waals surface area contributed by atoms with Crippen LogP contribution in [0.2, 0.25) is 0 Å². The van der Waals surface area contributed by atoms with Crippen LogP contribution in [0, 0.1) is 0 Å². The van der Waals surface area contributed by atoms with E-state index in [4.69, 9.17) is 5.11 Å². The van der Waals surface area contributed by atoms with Crippen molar-refractivity contribution in [2.45, 2.75) is 26.3 Å². The smallest absolute Gasteiger partial charge is 0.319 e. The van der Waals surface area contributed by atoms with Gasteiger partial charge >= 0.3 is 6.03 Å². The summed E-state index contributed by atoms with van der Waals surface area (Å²) < 4.78 is 0. The summed E-state index contributed by atoms with van der Waals surface area (Å²) in [6, 6.07) is -0.0680. The van der Waals surface area contributed by atoms with Gasteiger partial charge in [-0.05, 0) is 20.8 Å². The molecule has 0 aromatic heterocycles. The van der Waals surface area contributed by atoms with Crippen LogP contribution in [0.1, 0.15) is 20.8 Å². The van der Waals surface area contributed by atoms with Gasteiger partial charge in [0.05, 0.1) is 12.1 Å². The van der Waals surface area contributed by atoms with Gasteiger partial charge in [0.15, 0.2) is 0 Å². The Kier molecular flexibility index (Phi) is 4.20. The summed E-state index contributed by atoms with van der Waals surface area (Å²) >= 11 is 0. The zero-order valence-corrected chi connectivity index (χ0v) is 9.16. The van der Waals surface area contributed by atoms with E-state index in [0.29, 0.717) is 6.54 Å². The lowest BCUT2D eigenvalue weighted by atomic mass is 10.1. The van der Waals surface area contributed by atoms with Gasteiger partial charge in [0, 0.05) is 20.6 Å². The Hall–Kier alpha value is -0.770. The molecule has 78 valence electrons. The van der Waals surface area contributed by atoms with E-state index in [1.807, 2.05) is 20.8 Å². The van der Waals surface area contributed by atoms with Crippen molar-refractivity contribution in [1.29, 1.82) is 0 Å². The zero-order valence-electron chi connectivity index (χ0n) is 9.16. The molecule has 0 saturated heterocycles. The molecule has 0 spiro atoms. The van der Waals surface area contributed by atoms with Gasteiger partial charge in [0.2, 0.25) is 0 Å². The number of hydrogen-bond donors (Lipinski definition) is 1. The minimum Gasteiger partial charge on any atom is -0.394 e. The minimum absolute atomic E-state index is 0.0349. The molecular weight excluding hydrogens is 168 g/mol. The maximum absolute atomic E-state index is 11.6. The van der Waals surface area contributed by atoms with Gasteiger partial charge in [-0.25, -0.2) is 4.79 Å². The van der Waals surface area contributed by atoms with E-state index in [-0.39, 0.29) is 12.6 Å². The molecule has 0 aliphatic heterocycles. The number of urea groups is 1. The maximum Gasteiger partial charge on any atom is 0.319 e. The summed E-state index contributed by atoms with van der Waals surface area (Å²) in [6.45, 7) is 6.21. The normalized spacial score (nSPS) is 11.2. The first-order valence-corrected chi connectivity index (χ1v) is 4.46.